The SMILES string of the molecule is CCN(C)C(=O)c1cn2ncnc(Nc3cc(C(=O)NOC)ccc3C)c2c1C. The third-order valence-electron chi connectivity index (χ3n) is 4.83. The molecule has 0 saturated carbocycles. The average molecular weight is 396 g/mol. The van der Waals surface area contributed by atoms with Crippen LogP contribution in [0.3, 0.4) is 0 Å². The van der Waals surface area contributed by atoms with E-state index in [1.54, 1.807) is 34.8 Å². The molecule has 2 amide bonds. The van der Waals surface area contributed by atoms with Crippen LogP contribution in [0.5, 0.6) is 0 Å². The van der Waals surface area contributed by atoms with Crippen molar-refractivity contribution in [2.24, 2.45) is 0 Å². The van der Waals surface area contributed by atoms with Gasteiger partial charge in [0.05, 0.1) is 12.7 Å². The number of amides is 2. The van der Waals surface area contributed by atoms with E-state index in [9.17, 15) is 9.59 Å². The molecule has 0 saturated heterocycles. The number of carbonyl (C=O) groups is 2. The Kier molecular flexibility index (Phi) is 5.79. The highest BCUT2D eigenvalue weighted by atomic mass is 16.6. The fourth-order valence-corrected chi connectivity index (χ4v) is 2.99. The second kappa shape index (κ2) is 8.27. The first-order valence-electron chi connectivity index (χ1n) is 9.16. The Morgan fingerprint density at radius 1 is 1.28 bits per heavy atom. The summed E-state index contributed by atoms with van der Waals surface area (Å²) in [6.07, 6.45) is 3.13. The Morgan fingerprint density at radius 2 is 2.03 bits per heavy atom. The molecule has 9 heteroatoms. The molecule has 0 spiro atoms. The molecule has 0 radical (unpaired) electrons. The number of aryl methyl sites for hydroxylation is 2. The molecule has 3 rings (SSSR count). The molecule has 2 aromatic heterocycles. The Morgan fingerprint density at radius 3 is 2.72 bits per heavy atom. The van der Waals surface area contributed by atoms with Gasteiger partial charge < -0.3 is 10.2 Å². The van der Waals surface area contributed by atoms with Gasteiger partial charge in [-0.3, -0.25) is 14.4 Å². The van der Waals surface area contributed by atoms with Crippen LogP contribution >= 0.6 is 0 Å². The highest BCUT2D eigenvalue weighted by Crippen LogP contribution is 2.27. The van der Waals surface area contributed by atoms with Crippen LogP contribution in [0.15, 0.2) is 30.7 Å². The Labute approximate surface area is 168 Å². The molecular formula is C20H24N6O3. The lowest BCUT2D eigenvalue weighted by Crippen LogP contribution is -2.26. The number of carbonyl (C=O) groups excluding carboxylic acids is 2. The van der Waals surface area contributed by atoms with Crippen LogP contribution in [0, 0.1) is 13.8 Å². The quantitative estimate of drug-likeness (QED) is 0.621. The fourth-order valence-electron chi connectivity index (χ4n) is 2.99. The van der Waals surface area contributed by atoms with Crippen LogP contribution in [0.1, 0.15) is 38.8 Å². The van der Waals surface area contributed by atoms with Crippen molar-refractivity contribution >= 4 is 28.8 Å². The summed E-state index contributed by atoms with van der Waals surface area (Å²) < 4.78 is 1.64. The van der Waals surface area contributed by atoms with Crippen LogP contribution in [-0.4, -0.2) is 52.0 Å². The second-order valence-corrected chi connectivity index (χ2v) is 6.68. The van der Waals surface area contributed by atoms with E-state index < -0.39 is 0 Å². The van der Waals surface area contributed by atoms with E-state index in [1.165, 1.54) is 13.4 Å². The number of nitrogens with zero attached hydrogens (tertiary/aromatic N) is 4. The smallest absolute Gasteiger partial charge is 0.274 e. The molecule has 1 aromatic carbocycles. The summed E-state index contributed by atoms with van der Waals surface area (Å²) in [5, 5.41) is 7.51. The van der Waals surface area contributed by atoms with E-state index in [1.807, 2.05) is 26.8 Å². The van der Waals surface area contributed by atoms with Gasteiger partial charge in [-0.25, -0.2) is 15.0 Å². The monoisotopic (exact) mass is 396 g/mol. The van der Waals surface area contributed by atoms with Gasteiger partial charge in [0, 0.05) is 31.0 Å². The lowest BCUT2D eigenvalue weighted by atomic mass is 10.1. The minimum atomic E-state index is -0.349. The lowest BCUT2D eigenvalue weighted by Gasteiger charge is -2.14. The summed E-state index contributed by atoms with van der Waals surface area (Å²) in [5.41, 5.74) is 6.45. The fraction of sp³-hybridized carbons (Fsp3) is 0.300. The van der Waals surface area contributed by atoms with Crippen molar-refractivity contribution in [2.75, 3.05) is 26.0 Å². The van der Waals surface area contributed by atoms with Gasteiger partial charge in [-0.05, 0) is 44.0 Å². The Hall–Kier alpha value is -3.46. The van der Waals surface area contributed by atoms with Gasteiger partial charge in [-0.15, -0.1) is 0 Å². The number of anilines is 2. The van der Waals surface area contributed by atoms with E-state index in [0.717, 1.165) is 11.1 Å². The highest BCUT2D eigenvalue weighted by molar-refractivity contribution is 5.99. The molecule has 0 fully saturated rings. The van der Waals surface area contributed by atoms with E-state index in [0.29, 0.717) is 34.7 Å². The number of hydrogen-bond donors (Lipinski definition) is 2. The minimum Gasteiger partial charge on any atom is -0.342 e. The number of aromatic nitrogens is 3. The minimum absolute atomic E-state index is 0.0733. The van der Waals surface area contributed by atoms with Crippen molar-refractivity contribution in [3.63, 3.8) is 0 Å². The van der Waals surface area contributed by atoms with Crippen LogP contribution in [-0.2, 0) is 4.84 Å². The number of benzene rings is 1. The van der Waals surface area contributed by atoms with E-state index in [2.05, 4.69) is 20.9 Å². The largest absolute Gasteiger partial charge is 0.342 e. The van der Waals surface area contributed by atoms with Gasteiger partial charge in [-0.1, -0.05) is 6.07 Å². The topological polar surface area (TPSA) is 101 Å². The van der Waals surface area contributed by atoms with Gasteiger partial charge in [0.2, 0.25) is 0 Å². The Bertz CT molecular complexity index is 1080. The summed E-state index contributed by atoms with van der Waals surface area (Å²) in [6, 6.07) is 5.27. The molecule has 0 aliphatic heterocycles. The summed E-state index contributed by atoms with van der Waals surface area (Å²) in [5.74, 6) is 0.122. The van der Waals surface area contributed by atoms with Crippen molar-refractivity contribution < 1.29 is 14.4 Å². The molecule has 0 aliphatic carbocycles. The molecule has 29 heavy (non-hydrogen) atoms. The zero-order valence-corrected chi connectivity index (χ0v) is 17.1. The van der Waals surface area contributed by atoms with Crippen LogP contribution in [0.25, 0.3) is 5.52 Å². The molecule has 9 nitrogen and oxygen atoms in total. The maximum absolute atomic E-state index is 12.7. The molecule has 2 heterocycles. The zero-order valence-electron chi connectivity index (χ0n) is 17.1. The molecule has 3 aromatic rings. The van der Waals surface area contributed by atoms with Crippen molar-refractivity contribution in [3.8, 4) is 0 Å². The number of nitrogens with one attached hydrogen (secondary N) is 2. The molecule has 152 valence electrons. The number of rotatable bonds is 6. The maximum atomic E-state index is 12.7. The highest BCUT2D eigenvalue weighted by Gasteiger charge is 2.20. The van der Waals surface area contributed by atoms with Gasteiger partial charge >= 0.3 is 0 Å². The van der Waals surface area contributed by atoms with Crippen LogP contribution in [0.2, 0.25) is 0 Å². The molecule has 2 N–H and O–H groups in total. The summed E-state index contributed by atoms with van der Waals surface area (Å²) in [4.78, 5) is 35.4. The standard InChI is InChI=1S/C20H24N6O3/c1-6-25(4)20(28)15-10-26-17(13(15)3)18(21-11-22-26)23-16-9-14(8-7-12(16)2)19(27)24-29-5/h7-11H,6H2,1-5H3,(H,24,27)(H,21,22,23). The van der Waals surface area contributed by atoms with Crippen molar-refractivity contribution in [1.82, 2.24) is 25.0 Å². The third-order valence-corrected chi connectivity index (χ3v) is 4.83. The lowest BCUT2D eigenvalue weighted by molar-refractivity contribution is 0.0537. The molecule has 0 aliphatic rings. The van der Waals surface area contributed by atoms with E-state index >= 15 is 0 Å². The van der Waals surface area contributed by atoms with Gasteiger partial charge in [0.1, 0.15) is 11.8 Å². The average Bonchev–Trinajstić information content (AvgIpc) is 3.06. The molecular weight excluding hydrogens is 372 g/mol. The first kappa shape index (κ1) is 20.3. The Balaban J connectivity index is 2.03. The summed E-state index contributed by atoms with van der Waals surface area (Å²) in [7, 11) is 3.14. The molecule has 0 unspecified atom stereocenters. The zero-order chi connectivity index (χ0) is 21.1. The summed E-state index contributed by atoms with van der Waals surface area (Å²) in [6.45, 7) is 6.33. The van der Waals surface area contributed by atoms with Crippen molar-refractivity contribution in [3.05, 3.63) is 53.0 Å². The third kappa shape index (κ3) is 3.90. The number of hydrogen-bond acceptors (Lipinski definition) is 6. The predicted molar refractivity (Wildman–Crippen MR) is 109 cm³/mol. The molecule has 0 bridgehead atoms. The predicted octanol–water partition coefficient (Wildman–Crippen LogP) is 2.47. The van der Waals surface area contributed by atoms with Crippen molar-refractivity contribution in [2.45, 2.75) is 20.8 Å². The first-order chi connectivity index (χ1) is 13.9. The normalized spacial score (nSPS) is 10.8. The van der Waals surface area contributed by atoms with Gasteiger partial charge in [0.25, 0.3) is 11.8 Å². The number of hydroxylamine groups is 1. The van der Waals surface area contributed by atoms with Crippen LogP contribution in [0.4, 0.5) is 11.5 Å². The van der Waals surface area contributed by atoms with E-state index in [-0.39, 0.29) is 11.8 Å². The van der Waals surface area contributed by atoms with Gasteiger partial charge in [0.15, 0.2) is 5.82 Å². The summed E-state index contributed by atoms with van der Waals surface area (Å²) >= 11 is 0. The van der Waals surface area contributed by atoms with Crippen LogP contribution < -0.4 is 10.8 Å². The van der Waals surface area contributed by atoms with E-state index in [4.69, 9.17) is 4.84 Å². The maximum Gasteiger partial charge on any atom is 0.274 e. The molecule has 0 atom stereocenters. The van der Waals surface area contributed by atoms with Gasteiger partial charge in [-0.2, -0.15) is 5.10 Å². The number of fused-ring (bicyclic) bond motifs is 1. The second-order valence-electron chi connectivity index (χ2n) is 6.68. The first-order valence-corrected chi connectivity index (χ1v) is 9.16. The van der Waals surface area contributed by atoms with Crippen molar-refractivity contribution in [1.29, 1.82) is 0 Å².